The van der Waals surface area contributed by atoms with Gasteiger partial charge in [-0.25, -0.2) is 13.1 Å². The highest BCUT2D eigenvalue weighted by Crippen LogP contribution is 2.18. The minimum Gasteiger partial charge on any atom is -0.353 e. The van der Waals surface area contributed by atoms with Gasteiger partial charge in [0, 0.05) is 23.5 Å². The number of sulfonamides is 1. The fourth-order valence-electron chi connectivity index (χ4n) is 1.54. The third kappa shape index (κ3) is 4.59. The lowest BCUT2D eigenvalue weighted by molar-refractivity contribution is -0.121. The molecule has 1 aromatic carbocycles. The molecule has 0 saturated heterocycles. The van der Waals surface area contributed by atoms with E-state index in [0.717, 1.165) is 12.8 Å². The van der Waals surface area contributed by atoms with Gasteiger partial charge in [0.05, 0.1) is 4.90 Å². The van der Waals surface area contributed by atoms with Gasteiger partial charge in [-0.3, -0.25) is 4.79 Å². The molecule has 1 aliphatic carbocycles. The summed E-state index contributed by atoms with van der Waals surface area (Å²) in [4.78, 5) is 11.6. The van der Waals surface area contributed by atoms with Crippen LogP contribution >= 0.6 is 15.9 Å². The van der Waals surface area contributed by atoms with Crippen molar-refractivity contribution in [3.05, 3.63) is 28.7 Å². The Morgan fingerprint density at radius 3 is 2.74 bits per heavy atom. The Kier molecular flexibility index (Phi) is 4.59. The quantitative estimate of drug-likeness (QED) is 0.817. The average molecular weight is 347 g/mol. The second-order valence-electron chi connectivity index (χ2n) is 4.45. The van der Waals surface area contributed by atoms with E-state index in [-0.39, 0.29) is 23.8 Å². The Hall–Kier alpha value is -0.920. The van der Waals surface area contributed by atoms with E-state index in [1.54, 1.807) is 12.1 Å². The molecule has 0 atom stereocenters. The van der Waals surface area contributed by atoms with Crippen LogP contribution in [0.3, 0.4) is 0 Å². The van der Waals surface area contributed by atoms with Gasteiger partial charge in [0.2, 0.25) is 15.9 Å². The van der Waals surface area contributed by atoms with Crippen molar-refractivity contribution in [2.24, 2.45) is 0 Å². The molecule has 7 heteroatoms. The van der Waals surface area contributed by atoms with E-state index in [0.29, 0.717) is 10.5 Å². The van der Waals surface area contributed by atoms with E-state index in [4.69, 9.17) is 0 Å². The summed E-state index contributed by atoms with van der Waals surface area (Å²) in [6.07, 6.45) is 2.20. The van der Waals surface area contributed by atoms with Crippen LogP contribution in [0.2, 0.25) is 0 Å². The molecule has 0 aromatic heterocycles. The molecule has 0 heterocycles. The summed E-state index contributed by atoms with van der Waals surface area (Å²) in [7, 11) is -3.55. The molecule has 1 aliphatic rings. The van der Waals surface area contributed by atoms with Crippen LogP contribution in [0.25, 0.3) is 0 Å². The molecular formula is C12H15BrN2O3S. The predicted octanol–water partition coefficient (Wildman–Crippen LogP) is 1.40. The SMILES string of the molecule is O=C(CCNS(=O)(=O)c1cccc(Br)c1)NC1CC1. The largest absolute Gasteiger partial charge is 0.353 e. The van der Waals surface area contributed by atoms with Gasteiger partial charge in [-0.05, 0) is 31.0 Å². The summed E-state index contributed by atoms with van der Waals surface area (Å²) in [5.41, 5.74) is 0. The van der Waals surface area contributed by atoms with E-state index < -0.39 is 10.0 Å². The molecule has 0 aliphatic heterocycles. The van der Waals surface area contributed by atoms with Gasteiger partial charge in [0.1, 0.15) is 0 Å². The summed E-state index contributed by atoms with van der Waals surface area (Å²) in [6.45, 7) is 0.105. The molecule has 2 rings (SSSR count). The zero-order valence-electron chi connectivity index (χ0n) is 10.2. The number of halogens is 1. The maximum Gasteiger partial charge on any atom is 0.240 e. The lowest BCUT2D eigenvalue weighted by Gasteiger charge is -2.07. The van der Waals surface area contributed by atoms with Crippen molar-refractivity contribution in [3.63, 3.8) is 0 Å². The first-order chi connectivity index (χ1) is 8.97. The van der Waals surface area contributed by atoms with Gasteiger partial charge in [0.25, 0.3) is 0 Å². The van der Waals surface area contributed by atoms with Crippen LogP contribution in [0.15, 0.2) is 33.6 Å². The van der Waals surface area contributed by atoms with Crippen molar-refractivity contribution >= 4 is 31.9 Å². The Morgan fingerprint density at radius 2 is 2.11 bits per heavy atom. The number of hydrogen-bond acceptors (Lipinski definition) is 3. The topological polar surface area (TPSA) is 75.3 Å². The molecule has 1 saturated carbocycles. The van der Waals surface area contributed by atoms with Crippen LogP contribution in [-0.4, -0.2) is 26.9 Å². The maximum absolute atomic E-state index is 11.9. The first-order valence-electron chi connectivity index (χ1n) is 6.02. The van der Waals surface area contributed by atoms with Crippen LogP contribution in [0.1, 0.15) is 19.3 Å². The Balaban J connectivity index is 1.85. The van der Waals surface area contributed by atoms with E-state index in [2.05, 4.69) is 26.0 Å². The first kappa shape index (κ1) is 14.5. The Morgan fingerprint density at radius 1 is 1.37 bits per heavy atom. The molecule has 1 aromatic rings. The molecule has 5 nitrogen and oxygen atoms in total. The van der Waals surface area contributed by atoms with Gasteiger partial charge in [0.15, 0.2) is 0 Å². The second kappa shape index (κ2) is 6.02. The van der Waals surface area contributed by atoms with Crippen LogP contribution in [-0.2, 0) is 14.8 Å². The molecule has 0 radical (unpaired) electrons. The van der Waals surface area contributed by atoms with Gasteiger partial charge in [-0.15, -0.1) is 0 Å². The zero-order valence-corrected chi connectivity index (χ0v) is 12.6. The Labute approximate surface area is 121 Å². The summed E-state index contributed by atoms with van der Waals surface area (Å²) in [5, 5.41) is 2.81. The third-order valence-corrected chi connectivity index (χ3v) is 4.64. The van der Waals surface area contributed by atoms with E-state index in [1.165, 1.54) is 12.1 Å². The lowest BCUT2D eigenvalue weighted by atomic mass is 10.4. The average Bonchev–Trinajstić information content (AvgIpc) is 3.12. The summed E-state index contributed by atoms with van der Waals surface area (Å²) in [6, 6.07) is 6.74. The van der Waals surface area contributed by atoms with Gasteiger partial charge >= 0.3 is 0 Å². The van der Waals surface area contributed by atoms with Gasteiger partial charge in [-0.1, -0.05) is 22.0 Å². The normalized spacial score (nSPS) is 15.2. The number of amides is 1. The molecule has 1 fully saturated rings. The maximum atomic E-state index is 11.9. The van der Waals surface area contributed by atoms with Crippen LogP contribution in [0, 0.1) is 0 Å². The van der Waals surface area contributed by atoms with Crippen molar-refractivity contribution in [2.45, 2.75) is 30.2 Å². The van der Waals surface area contributed by atoms with E-state index in [9.17, 15) is 13.2 Å². The second-order valence-corrected chi connectivity index (χ2v) is 7.13. The van der Waals surface area contributed by atoms with Crippen molar-refractivity contribution in [3.8, 4) is 0 Å². The first-order valence-corrected chi connectivity index (χ1v) is 8.29. The Bertz CT molecular complexity index is 570. The predicted molar refractivity (Wildman–Crippen MR) is 75.1 cm³/mol. The number of hydrogen-bond donors (Lipinski definition) is 2. The van der Waals surface area contributed by atoms with Crippen molar-refractivity contribution in [2.75, 3.05) is 6.54 Å². The van der Waals surface area contributed by atoms with Crippen molar-refractivity contribution < 1.29 is 13.2 Å². The van der Waals surface area contributed by atoms with Gasteiger partial charge < -0.3 is 5.32 Å². The zero-order chi connectivity index (χ0) is 13.9. The highest BCUT2D eigenvalue weighted by molar-refractivity contribution is 9.10. The minimum absolute atomic E-state index is 0.105. The number of benzene rings is 1. The fraction of sp³-hybridized carbons (Fsp3) is 0.417. The van der Waals surface area contributed by atoms with E-state index >= 15 is 0 Å². The molecule has 19 heavy (non-hydrogen) atoms. The molecule has 1 amide bonds. The molecule has 104 valence electrons. The van der Waals surface area contributed by atoms with Crippen molar-refractivity contribution in [1.82, 2.24) is 10.0 Å². The van der Waals surface area contributed by atoms with Crippen LogP contribution in [0.5, 0.6) is 0 Å². The number of carbonyl (C=O) groups is 1. The van der Waals surface area contributed by atoms with E-state index in [1.807, 2.05) is 0 Å². The molecule has 2 N–H and O–H groups in total. The highest BCUT2D eigenvalue weighted by Gasteiger charge is 2.23. The van der Waals surface area contributed by atoms with Crippen LogP contribution < -0.4 is 10.0 Å². The molecule has 0 unspecified atom stereocenters. The molecule has 0 bridgehead atoms. The lowest BCUT2D eigenvalue weighted by Crippen LogP contribution is -2.31. The third-order valence-electron chi connectivity index (χ3n) is 2.69. The minimum atomic E-state index is -3.55. The smallest absolute Gasteiger partial charge is 0.240 e. The fourth-order valence-corrected chi connectivity index (χ4v) is 3.17. The molecular weight excluding hydrogens is 332 g/mol. The van der Waals surface area contributed by atoms with Crippen LogP contribution in [0.4, 0.5) is 0 Å². The number of rotatable bonds is 6. The number of nitrogens with one attached hydrogen (secondary N) is 2. The van der Waals surface area contributed by atoms with Gasteiger partial charge in [-0.2, -0.15) is 0 Å². The monoisotopic (exact) mass is 346 g/mol. The standard InChI is InChI=1S/C12H15BrN2O3S/c13-9-2-1-3-11(8-9)19(17,18)14-7-6-12(16)15-10-4-5-10/h1-3,8,10,14H,4-7H2,(H,15,16). The van der Waals surface area contributed by atoms with Crippen molar-refractivity contribution in [1.29, 1.82) is 0 Å². The summed E-state index contributed by atoms with van der Waals surface area (Å²) >= 11 is 3.22. The number of carbonyl (C=O) groups excluding carboxylic acids is 1. The summed E-state index contributed by atoms with van der Waals surface area (Å²) in [5.74, 6) is -0.112. The molecule has 0 spiro atoms. The highest BCUT2D eigenvalue weighted by atomic mass is 79.9. The summed E-state index contributed by atoms with van der Waals surface area (Å²) < 4.78 is 27.0.